The van der Waals surface area contributed by atoms with E-state index in [1.54, 1.807) is 0 Å². The van der Waals surface area contributed by atoms with E-state index in [1.807, 2.05) is 0 Å². The Morgan fingerprint density at radius 1 is 0.853 bits per heavy atom. The molecule has 10 atom stereocenters. The fourth-order valence-electron chi connectivity index (χ4n) is 12.0. The quantitative estimate of drug-likeness (QED) is 0.337. The van der Waals surface area contributed by atoms with Gasteiger partial charge in [0.15, 0.2) is 0 Å². The molecule has 0 amide bonds. The Morgan fingerprint density at radius 3 is 2.21 bits per heavy atom. The van der Waals surface area contributed by atoms with E-state index in [9.17, 15) is 9.90 Å². The Balaban J connectivity index is 1.53. The summed E-state index contributed by atoms with van der Waals surface area (Å²) in [6.45, 7) is 21.9. The fourth-order valence-corrected chi connectivity index (χ4v) is 12.0. The smallest absolute Gasteiger partial charge is 0.122 e. The SMILES string of the molecule is C=C(C)[C@@H]1CC[C@]2(C)CC[C@]3(C)[C@H](CC[C@@H]4[C@@]5(C)CC[C@](O)(CC=O)C(C)(C)[C@@H]5CC[C@]43C)[C@@H]12. The summed E-state index contributed by atoms with van der Waals surface area (Å²) in [5.74, 6) is 3.55. The Hall–Kier alpha value is -0.630. The van der Waals surface area contributed by atoms with Crippen LogP contribution in [-0.2, 0) is 4.79 Å². The lowest BCUT2D eigenvalue weighted by molar-refractivity contribution is -0.263. The number of rotatable bonds is 3. The van der Waals surface area contributed by atoms with E-state index in [1.165, 1.54) is 56.9 Å². The third-order valence-corrected chi connectivity index (χ3v) is 14.3. The van der Waals surface area contributed by atoms with E-state index < -0.39 is 5.60 Å². The third kappa shape index (κ3) is 2.87. The van der Waals surface area contributed by atoms with E-state index in [0.717, 1.165) is 31.0 Å². The average Bonchev–Trinajstić information content (AvgIpc) is 3.10. The Morgan fingerprint density at radius 2 is 1.56 bits per heavy atom. The molecule has 0 unspecified atom stereocenters. The molecule has 5 aliphatic carbocycles. The van der Waals surface area contributed by atoms with Crippen LogP contribution >= 0.6 is 0 Å². The van der Waals surface area contributed by atoms with Crippen molar-refractivity contribution in [3.63, 3.8) is 0 Å². The molecule has 0 bridgehead atoms. The number of carbonyl (C=O) groups is 1. The van der Waals surface area contributed by atoms with Crippen molar-refractivity contribution in [1.82, 2.24) is 0 Å². The van der Waals surface area contributed by atoms with Gasteiger partial charge in [0, 0.05) is 6.42 Å². The van der Waals surface area contributed by atoms with Gasteiger partial charge in [0.1, 0.15) is 6.29 Å². The Bertz CT molecular complexity index is 874. The minimum absolute atomic E-state index is 0.221. The van der Waals surface area contributed by atoms with Crippen LogP contribution < -0.4 is 0 Å². The molecule has 0 radical (unpaired) electrons. The zero-order valence-electron chi connectivity index (χ0n) is 23.3. The highest BCUT2D eigenvalue weighted by Gasteiger charge is 2.71. The van der Waals surface area contributed by atoms with E-state index in [-0.39, 0.29) is 17.3 Å². The second-order valence-corrected chi connectivity index (χ2v) is 15.5. The lowest BCUT2D eigenvalue weighted by Gasteiger charge is -2.73. The van der Waals surface area contributed by atoms with Crippen molar-refractivity contribution < 1.29 is 9.90 Å². The Kier molecular flexibility index (Phi) is 5.49. The molecule has 5 saturated carbocycles. The summed E-state index contributed by atoms with van der Waals surface area (Å²) in [5.41, 5.74) is 1.89. The van der Waals surface area contributed by atoms with Crippen molar-refractivity contribution in [1.29, 1.82) is 0 Å². The molecule has 0 saturated heterocycles. The number of aliphatic hydroxyl groups is 1. The van der Waals surface area contributed by atoms with Crippen molar-refractivity contribution in [2.24, 2.45) is 56.7 Å². The first kappa shape index (κ1) is 25.0. The van der Waals surface area contributed by atoms with Gasteiger partial charge < -0.3 is 9.90 Å². The molecule has 0 heterocycles. The molecule has 34 heavy (non-hydrogen) atoms. The third-order valence-electron chi connectivity index (χ3n) is 14.3. The van der Waals surface area contributed by atoms with Crippen LogP contribution in [0.15, 0.2) is 12.2 Å². The first-order valence-electron chi connectivity index (χ1n) is 14.5. The molecular weight excluding hydrogens is 416 g/mol. The standard InChI is InChI=1S/C32H52O2/c1-21(2)22-11-13-28(5)15-17-30(7)23(26(22)28)9-10-25-29(6)16-18-32(34,19-20-33)27(3,4)24(29)12-14-31(25,30)8/h20,22-26,34H,1,9-19H2,2-8H3/t22-,23+,24-,25+,26+,28+,29-,30+,31+,32-/m0/s1. The van der Waals surface area contributed by atoms with Crippen LogP contribution in [0.4, 0.5) is 0 Å². The number of allylic oxidation sites excluding steroid dienone is 1. The molecule has 2 nitrogen and oxygen atoms in total. The lowest BCUT2D eigenvalue weighted by Crippen LogP contribution is -2.68. The molecule has 2 heteroatoms. The first-order chi connectivity index (χ1) is 15.7. The molecule has 1 N–H and O–H groups in total. The summed E-state index contributed by atoms with van der Waals surface area (Å²) in [7, 11) is 0. The van der Waals surface area contributed by atoms with E-state index in [0.29, 0.717) is 34.0 Å². The van der Waals surface area contributed by atoms with Gasteiger partial charge in [-0.3, -0.25) is 0 Å². The first-order valence-corrected chi connectivity index (χ1v) is 14.5. The zero-order chi connectivity index (χ0) is 24.9. The molecular formula is C32H52O2. The summed E-state index contributed by atoms with van der Waals surface area (Å²) in [5, 5.41) is 11.6. The minimum Gasteiger partial charge on any atom is -0.389 e. The average molecular weight is 469 g/mol. The van der Waals surface area contributed by atoms with Crippen LogP contribution in [0.2, 0.25) is 0 Å². The van der Waals surface area contributed by atoms with Gasteiger partial charge >= 0.3 is 0 Å². The molecule has 0 aromatic carbocycles. The summed E-state index contributed by atoms with van der Waals surface area (Å²) < 4.78 is 0. The predicted octanol–water partition coefficient (Wildman–Crippen LogP) is 7.98. The zero-order valence-corrected chi connectivity index (χ0v) is 23.3. The number of fused-ring (bicyclic) bond motifs is 7. The highest BCUT2D eigenvalue weighted by molar-refractivity contribution is 5.52. The molecule has 0 spiro atoms. The highest BCUT2D eigenvalue weighted by Crippen LogP contribution is 2.78. The predicted molar refractivity (Wildman–Crippen MR) is 140 cm³/mol. The van der Waals surface area contributed by atoms with Gasteiger partial charge in [-0.15, -0.1) is 0 Å². The van der Waals surface area contributed by atoms with Crippen LogP contribution in [0.25, 0.3) is 0 Å². The van der Waals surface area contributed by atoms with Gasteiger partial charge in [0.25, 0.3) is 0 Å². The molecule has 0 aromatic rings. The Labute approximate surface area is 209 Å². The summed E-state index contributed by atoms with van der Waals surface area (Å²) in [6.07, 6.45) is 13.8. The summed E-state index contributed by atoms with van der Waals surface area (Å²) in [4.78, 5) is 11.5. The maximum Gasteiger partial charge on any atom is 0.122 e. The number of hydrogen-bond acceptors (Lipinski definition) is 2. The fraction of sp³-hybridized carbons (Fsp3) is 0.906. The normalized spacial score (nSPS) is 55.9. The van der Waals surface area contributed by atoms with Crippen LogP contribution in [0.3, 0.4) is 0 Å². The molecule has 0 aliphatic heterocycles. The van der Waals surface area contributed by atoms with Crippen molar-refractivity contribution >= 4 is 6.29 Å². The van der Waals surface area contributed by atoms with E-state index >= 15 is 0 Å². The van der Waals surface area contributed by atoms with Gasteiger partial charge in [-0.1, -0.05) is 53.7 Å². The van der Waals surface area contributed by atoms with Gasteiger partial charge in [-0.2, -0.15) is 0 Å². The van der Waals surface area contributed by atoms with Gasteiger partial charge in [-0.05, 0) is 128 Å². The highest BCUT2D eigenvalue weighted by atomic mass is 16.3. The number of aldehydes is 1. The van der Waals surface area contributed by atoms with Crippen LogP contribution in [-0.4, -0.2) is 17.0 Å². The molecule has 0 aromatic heterocycles. The summed E-state index contributed by atoms with van der Waals surface area (Å²) in [6, 6.07) is 0. The van der Waals surface area contributed by atoms with Crippen LogP contribution in [0, 0.1) is 56.7 Å². The number of carbonyl (C=O) groups excluding carboxylic acids is 1. The minimum atomic E-state index is -0.848. The van der Waals surface area contributed by atoms with Crippen molar-refractivity contribution in [2.75, 3.05) is 0 Å². The van der Waals surface area contributed by atoms with Gasteiger partial charge in [-0.25, -0.2) is 0 Å². The van der Waals surface area contributed by atoms with Crippen LogP contribution in [0.5, 0.6) is 0 Å². The van der Waals surface area contributed by atoms with Gasteiger partial charge in [0.2, 0.25) is 0 Å². The maximum atomic E-state index is 11.6. The monoisotopic (exact) mass is 468 g/mol. The van der Waals surface area contributed by atoms with Crippen LogP contribution in [0.1, 0.15) is 119 Å². The second-order valence-electron chi connectivity index (χ2n) is 15.5. The van der Waals surface area contributed by atoms with Crippen molar-refractivity contribution in [3.05, 3.63) is 12.2 Å². The lowest BCUT2D eigenvalue weighted by atomic mass is 9.31. The van der Waals surface area contributed by atoms with E-state index in [4.69, 9.17) is 0 Å². The van der Waals surface area contributed by atoms with Gasteiger partial charge in [0.05, 0.1) is 5.60 Å². The number of hydrogen-bond donors (Lipinski definition) is 1. The topological polar surface area (TPSA) is 37.3 Å². The molecule has 5 fully saturated rings. The van der Waals surface area contributed by atoms with E-state index in [2.05, 4.69) is 55.0 Å². The van der Waals surface area contributed by atoms with Crippen molar-refractivity contribution in [3.8, 4) is 0 Å². The molecule has 192 valence electrons. The summed E-state index contributed by atoms with van der Waals surface area (Å²) >= 11 is 0. The second kappa shape index (κ2) is 7.45. The largest absolute Gasteiger partial charge is 0.389 e. The molecule has 5 rings (SSSR count). The maximum absolute atomic E-state index is 11.6. The molecule has 5 aliphatic rings. The van der Waals surface area contributed by atoms with Crippen molar-refractivity contribution in [2.45, 2.75) is 125 Å².